The Balaban J connectivity index is 2.52. The van der Waals surface area contributed by atoms with Gasteiger partial charge in [-0.25, -0.2) is 4.79 Å². The summed E-state index contributed by atoms with van der Waals surface area (Å²) in [6, 6.07) is 0. The second kappa shape index (κ2) is 5.03. The van der Waals surface area contributed by atoms with Gasteiger partial charge in [-0.15, -0.1) is 0 Å². The second-order valence-corrected chi connectivity index (χ2v) is 4.30. The van der Waals surface area contributed by atoms with E-state index >= 15 is 0 Å². The number of aromatic carboxylic acids is 1. The Kier molecular flexibility index (Phi) is 3.45. The number of carboxylic acid groups (broad SMARTS) is 1. The summed E-state index contributed by atoms with van der Waals surface area (Å²) in [5.74, 6) is -1.74. The summed E-state index contributed by atoms with van der Waals surface area (Å²) in [5, 5.41) is 9.18. The molecular formula is C12H15N3O3. The molecular weight excluding hydrogens is 234 g/mol. The molecule has 96 valence electrons. The minimum absolute atomic E-state index is 0.0354. The standard InChI is InChI=1S/C12H15N3O3/c13-11(16)8-6-14-7-9(12(17)18)10(8)15-4-2-1-3-5-15/h6-7H,1-5H2,(H2,13,16)(H,17,18). The summed E-state index contributed by atoms with van der Waals surface area (Å²) < 4.78 is 0. The van der Waals surface area contributed by atoms with Crippen molar-refractivity contribution < 1.29 is 14.7 Å². The largest absolute Gasteiger partial charge is 0.478 e. The fourth-order valence-corrected chi connectivity index (χ4v) is 2.25. The molecule has 1 aromatic heterocycles. The molecule has 2 rings (SSSR count). The van der Waals surface area contributed by atoms with Gasteiger partial charge in [0.2, 0.25) is 0 Å². The van der Waals surface area contributed by atoms with Crippen LogP contribution < -0.4 is 10.6 Å². The lowest BCUT2D eigenvalue weighted by Gasteiger charge is -2.30. The van der Waals surface area contributed by atoms with Crippen LogP contribution >= 0.6 is 0 Å². The molecule has 3 N–H and O–H groups in total. The number of carboxylic acids is 1. The summed E-state index contributed by atoms with van der Waals surface area (Å²) in [6.07, 6.45) is 5.69. The lowest BCUT2D eigenvalue weighted by Crippen LogP contribution is -2.33. The molecule has 0 spiro atoms. The van der Waals surface area contributed by atoms with Crippen LogP contribution in [0.2, 0.25) is 0 Å². The molecule has 0 radical (unpaired) electrons. The Morgan fingerprint density at radius 1 is 1.17 bits per heavy atom. The number of anilines is 1. The number of rotatable bonds is 3. The third kappa shape index (κ3) is 2.27. The zero-order chi connectivity index (χ0) is 13.1. The van der Waals surface area contributed by atoms with E-state index in [4.69, 9.17) is 5.73 Å². The maximum Gasteiger partial charge on any atom is 0.339 e. The van der Waals surface area contributed by atoms with Gasteiger partial charge in [-0.05, 0) is 19.3 Å². The minimum Gasteiger partial charge on any atom is -0.478 e. The number of hydrogen-bond acceptors (Lipinski definition) is 4. The predicted octanol–water partition coefficient (Wildman–Crippen LogP) is 0.869. The summed E-state index contributed by atoms with van der Waals surface area (Å²) >= 11 is 0. The average molecular weight is 249 g/mol. The first-order valence-corrected chi connectivity index (χ1v) is 5.87. The van der Waals surface area contributed by atoms with Crippen LogP contribution in [0.3, 0.4) is 0 Å². The quantitative estimate of drug-likeness (QED) is 0.828. The SMILES string of the molecule is NC(=O)c1cncc(C(=O)O)c1N1CCCCC1. The van der Waals surface area contributed by atoms with E-state index in [0.29, 0.717) is 5.69 Å². The van der Waals surface area contributed by atoms with Gasteiger partial charge in [-0.2, -0.15) is 0 Å². The molecule has 2 heterocycles. The van der Waals surface area contributed by atoms with E-state index in [1.807, 2.05) is 4.90 Å². The van der Waals surface area contributed by atoms with Crippen LogP contribution in [0.5, 0.6) is 0 Å². The average Bonchev–Trinajstić information content (AvgIpc) is 2.38. The van der Waals surface area contributed by atoms with E-state index in [2.05, 4.69) is 4.98 Å². The molecule has 1 fully saturated rings. The lowest BCUT2D eigenvalue weighted by atomic mass is 10.0. The minimum atomic E-state index is -1.09. The van der Waals surface area contributed by atoms with Crippen molar-refractivity contribution in [3.63, 3.8) is 0 Å². The van der Waals surface area contributed by atoms with Crippen molar-refractivity contribution in [3.8, 4) is 0 Å². The number of nitrogens with zero attached hydrogens (tertiary/aromatic N) is 2. The molecule has 0 saturated carbocycles. The molecule has 0 unspecified atom stereocenters. The highest BCUT2D eigenvalue weighted by molar-refractivity contribution is 6.05. The Hall–Kier alpha value is -2.11. The van der Waals surface area contributed by atoms with Crippen LogP contribution in [0.15, 0.2) is 12.4 Å². The second-order valence-electron chi connectivity index (χ2n) is 4.30. The lowest BCUT2D eigenvalue weighted by molar-refractivity contribution is 0.0697. The number of nitrogens with two attached hydrogens (primary N) is 1. The van der Waals surface area contributed by atoms with Crippen molar-refractivity contribution in [2.24, 2.45) is 5.73 Å². The zero-order valence-corrected chi connectivity index (χ0v) is 9.93. The fourth-order valence-electron chi connectivity index (χ4n) is 2.25. The molecule has 1 aliphatic heterocycles. The van der Waals surface area contributed by atoms with Crippen molar-refractivity contribution >= 4 is 17.6 Å². The van der Waals surface area contributed by atoms with Gasteiger partial charge in [0.25, 0.3) is 5.91 Å². The first kappa shape index (κ1) is 12.3. The summed E-state index contributed by atoms with van der Waals surface area (Å²) in [7, 11) is 0. The molecule has 1 saturated heterocycles. The third-order valence-corrected chi connectivity index (χ3v) is 3.09. The summed E-state index contributed by atoms with van der Waals surface area (Å²) in [5.41, 5.74) is 5.91. The molecule has 0 aromatic carbocycles. The van der Waals surface area contributed by atoms with Crippen LogP contribution in [-0.2, 0) is 0 Å². The zero-order valence-electron chi connectivity index (χ0n) is 9.93. The number of piperidine rings is 1. The van der Waals surface area contributed by atoms with E-state index in [-0.39, 0.29) is 11.1 Å². The van der Waals surface area contributed by atoms with Crippen LogP contribution in [0.1, 0.15) is 40.0 Å². The van der Waals surface area contributed by atoms with Crippen LogP contribution in [-0.4, -0.2) is 35.1 Å². The molecule has 0 aliphatic carbocycles. The molecule has 6 heteroatoms. The van der Waals surface area contributed by atoms with Gasteiger partial charge in [-0.1, -0.05) is 0 Å². The van der Waals surface area contributed by atoms with Crippen LogP contribution in [0, 0.1) is 0 Å². The number of primary amides is 1. The van der Waals surface area contributed by atoms with Gasteiger partial charge in [0.1, 0.15) is 5.56 Å². The summed E-state index contributed by atoms with van der Waals surface area (Å²) in [6.45, 7) is 1.48. The van der Waals surface area contributed by atoms with Gasteiger partial charge in [0, 0.05) is 25.5 Å². The van der Waals surface area contributed by atoms with Gasteiger partial charge in [0.15, 0.2) is 0 Å². The highest BCUT2D eigenvalue weighted by Gasteiger charge is 2.24. The topological polar surface area (TPSA) is 96.5 Å². The smallest absolute Gasteiger partial charge is 0.339 e. The maximum atomic E-state index is 11.4. The fraction of sp³-hybridized carbons (Fsp3) is 0.417. The Morgan fingerprint density at radius 3 is 2.33 bits per heavy atom. The van der Waals surface area contributed by atoms with Gasteiger partial charge in [0.05, 0.1) is 11.3 Å². The van der Waals surface area contributed by atoms with E-state index in [1.54, 1.807) is 0 Å². The van der Waals surface area contributed by atoms with Crippen LogP contribution in [0.25, 0.3) is 0 Å². The van der Waals surface area contributed by atoms with E-state index in [9.17, 15) is 14.7 Å². The highest BCUT2D eigenvalue weighted by atomic mass is 16.4. The highest BCUT2D eigenvalue weighted by Crippen LogP contribution is 2.27. The van der Waals surface area contributed by atoms with Crippen molar-refractivity contribution in [2.75, 3.05) is 18.0 Å². The normalized spacial score (nSPS) is 15.4. The molecule has 0 atom stereocenters. The molecule has 1 amide bonds. The molecule has 18 heavy (non-hydrogen) atoms. The third-order valence-electron chi connectivity index (χ3n) is 3.09. The van der Waals surface area contributed by atoms with E-state index in [0.717, 1.165) is 32.4 Å². The number of carbonyl (C=O) groups is 2. The van der Waals surface area contributed by atoms with Gasteiger partial charge in [-0.3, -0.25) is 9.78 Å². The number of pyridine rings is 1. The number of hydrogen-bond donors (Lipinski definition) is 2. The van der Waals surface area contributed by atoms with Crippen molar-refractivity contribution in [3.05, 3.63) is 23.5 Å². The van der Waals surface area contributed by atoms with E-state index < -0.39 is 11.9 Å². The molecule has 1 aromatic rings. The Bertz CT molecular complexity index is 449. The Morgan fingerprint density at radius 2 is 1.78 bits per heavy atom. The van der Waals surface area contributed by atoms with Gasteiger partial charge < -0.3 is 15.7 Å². The monoisotopic (exact) mass is 249 g/mol. The Labute approximate surface area is 104 Å². The van der Waals surface area contributed by atoms with Crippen molar-refractivity contribution in [1.82, 2.24) is 4.98 Å². The van der Waals surface area contributed by atoms with Crippen LogP contribution in [0.4, 0.5) is 5.69 Å². The van der Waals surface area contributed by atoms with Crippen molar-refractivity contribution in [1.29, 1.82) is 0 Å². The van der Waals surface area contributed by atoms with Crippen molar-refractivity contribution in [2.45, 2.75) is 19.3 Å². The van der Waals surface area contributed by atoms with E-state index in [1.165, 1.54) is 12.4 Å². The molecule has 0 bridgehead atoms. The summed E-state index contributed by atoms with van der Waals surface area (Å²) in [4.78, 5) is 28.3. The number of amides is 1. The first-order valence-electron chi connectivity index (χ1n) is 5.87. The molecule has 1 aliphatic rings. The number of aromatic nitrogens is 1. The predicted molar refractivity (Wildman–Crippen MR) is 65.8 cm³/mol. The number of carbonyl (C=O) groups excluding carboxylic acids is 1. The maximum absolute atomic E-state index is 11.4. The van der Waals surface area contributed by atoms with Gasteiger partial charge >= 0.3 is 5.97 Å². The molecule has 6 nitrogen and oxygen atoms in total. The first-order chi connectivity index (χ1) is 8.61.